The molecule has 0 saturated heterocycles. The van der Waals surface area contributed by atoms with Crippen LogP contribution < -0.4 is 14.8 Å². The number of nitrogens with zero attached hydrogens (tertiary/aromatic N) is 2. The summed E-state index contributed by atoms with van der Waals surface area (Å²) in [5, 5.41) is 3.46. The molecule has 1 aromatic heterocycles. The van der Waals surface area contributed by atoms with Crippen LogP contribution in [0, 0.1) is 0 Å². The first kappa shape index (κ1) is 20.4. The van der Waals surface area contributed by atoms with E-state index in [1.807, 2.05) is 18.2 Å². The van der Waals surface area contributed by atoms with Crippen molar-refractivity contribution in [2.24, 2.45) is 0 Å². The van der Waals surface area contributed by atoms with Crippen LogP contribution in [-0.4, -0.2) is 23.0 Å². The SMILES string of the molecule is COc1ccccc1Oc1cc(-c2cccc(C(=O)Nc3ccc(Cl)cc3)c2)ncn1. The number of anilines is 1. The van der Waals surface area contributed by atoms with Crippen LogP contribution in [0.15, 0.2) is 85.2 Å². The number of carbonyl (C=O) groups excluding carboxylic acids is 1. The number of rotatable bonds is 6. The second-order valence-corrected chi connectivity index (χ2v) is 6.97. The van der Waals surface area contributed by atoms with Gasteiger partial charge in [0.05, 0.1) is 12.8 Å². The minimum atomic E-state index is -0.233. The minimum Gasteiger partial charge on any atom is -0.493 e. The Hall–Kier alpha value is -3.90. The molecule has 154 valence electrons. The Balaban J connectivity index is 1.55. The van der Waals surface area contributed by atoms with E-state index in [4.69, 9.17) is 21.1 Å². The molecule has 1 N–H and O–H groups in total. The normalized spacial score (nSPS) is 10.4. The summed E-state index contributed by atoms with van der Waals surface area (Å²) in [7, 11) is 1.58. The van der Waals surface area contributed by atoms with E-state index in [9.17, 15) is 4.79 Å². The van der Waals surface area contributed by atoms with Crippen molar-refractivity contribution in [3.63, 3.8) is 0 Å². The second-order valence-electron chi connectivity index (χ2n) is 6.54. The highest BCUT2D eigenvalue weighted by Gasteiger charge is 2.11. The minimum absolute atomic E-state index is 0.233. The summed E-state index contributed by atoms with van der Waals surface area (Å²) in [6.07, 6.45) is 1.42. The molecule has 1 amide bonds. The molecular formula is C24H18ClN3O3. The Bertz CT molecular complexity index is 1210. The first-order valence-corrected chi connectivity index (χ1v) is 9.80. The molecule has 0 aliphatic rings. The Kier molecular flexibility index (Phi) is 6.10. The number of hydrogen-bond donors (Lipinski definition) is 1. The summed E-state index contributed by atoms with van der Waals surface area (Å²) in [5.74, 6) is 1.28. The maximum Gasteiger partial charge on any atom is 0.255 e. The molecule has 6 nitrogen and oxygen atoms in total. The Morgan fingerprint density at radius 3 is 2.45 bits per heavy atom. The summed E-state index contributed by atoms with van der Waals surface area (Å²) < 4.78 is 11.2. The van der Waals surface area contributed by atoms with Crippen LogP contribution in [0.4, 0.5) is 5.69 Å². The summed E-state index contributed by atoms with van der Waals surface area (Å²) >= 11 is 5.89. The highest BCUT2D eigenvalue weighted by Crippen LogP contribution is 2.31. The van der Waals surface area contributed by atoms with Crippen LogP contribution in [0.3, 0.4) is 0 Å². The third-order valence-corrected chi connectivity index (χ3v) is 4.70. The lowest BCUT2D eigenvalue weighted by Crippen LogP contribution is -2.11. The highest BCUT2D eigenvalue weighted by atomic mass is 35.5. The number of methoxy groups -OCH3 is 1. The van der Waals surface area contributed by atoms with Gasteiger partial charge in [-0.2, -0.15) is 0 Å². The van der Waals surface area contributed by atoms with Crippen molar-refractivity contribution < 1.29 is 14.3 Å². The van der Waals surface area contributed by atoms with E-state index in [-0.39, 0.29) is 5.91 Å². The Morgan fingerprint density at radius 1 is 0.903 bits per heavy atom. The van der Waals surface area contributed by atoms with E-state index in [1.54, 1.807) is 67.8 Å². The van der Waals surface area contributed by atoms with Crippen molar-refractivity contribution >= 4 is 23.2 Å². The number of hydrogen-bond acceptors (Lipinski definition) is 5. The fourth-order valence-corrected chi connectivity index (χ4v) is 3.05. The molecule has 0 unspecified atom stereocenters. The largest absolute Gasteiger partial charge is 0.493 e. The molecule has 0 spiro atoms. The van der Waals surface area contributed by atoms with E-state index in [1.165, 1.54) is 6.33 Å². The molecule has 0 aliphatic carbocycles. The van der Waals surface area contributed by atoms with Gasteiger partial charge >= 0.3 is 0 Å². The van der Waals surface area contributed by atoms with Crippen molar-refractivity contribution in [1.82, 2.24) is 9.97 Å². The van der Waals surface area contributed by atoms with Gasteiger partial charge in [-0.3, -0.25) is 4.79 Å². The molecule has 7 heteroatoms. The van der Waals surface area contributed by atoms with Crippen molar-refractivity contribution in [3.8, 4) is 28.6 Å². The molecular weight excluding hydrogens is 414 g/mol. The van der Waals surface area contributed by atoms with E-state index in [0.717, 1.165) is 5.56 Å². The van der Waals surface area contributed by atoms with Crippen LogP contribution in [0.25, 0.3) is 11.3 Å². The number of ether oxygens (including phenoxy) is 2. The third kappa shape index (κ3) is 4.99. The average Bonchev–Trinajstić information content (AvgIpc) is 2.81. The van der Waals surface area contributed by atoms with Crippen molar-refractivity contribution in [2.75, 3.05) is 12.4 Å². The first-order chi connectivity index (χ1) is 15.1. The van der Waals surface area contributed by atoms with Crippen LogP contribution in [0.5, 0.6) is 17.4 Å². The molecule has 0 fully saturated rings. The van der Waals surface area contributed by atoms with Gasteiger partial charge in [-0.1, -0.05) is 35.9 Å². The molecule has 0 aliphatic heterocycles. The quantitative estimate of drug-likeness (QED) is 0.414. The molecule has 31 heavy (non-hydrogen) atoms. The number of halogens is 1. The maximum absolute atomic E-state index is 12.6. The summed E-state index contributed by atoms with van der Waals surface area (Å²) in [6.45, 7) is 0. The zero-order chi connectivity index (χ0) is 21.6. The Morgan fingerprint density at radius 2 is 1.68 bits per heavy atom. The molecule has 1 heterocycles. The molecule has 0 radical (unpaired) electrons. The van der Waals surface area contributed by atoms with Gasteiger partial charge in [-0.15, -0.1) is 0 Å². The number of para-hydroxylation sites is 2. The lowest BCUT2D eigenvalue weighted by atomic mass is 10.1. The molecule has 4 rings (SSSR count). The van der Waals surface area contributed by atoms with E-state index in [2.05, 4.69) is 15.3 Å². The molecule has 4 aromatic rings. The van der Waals surface area contributed by atoms with E-state index < -0.39 is 0 Å². The van der Waals surface area contributed by atoms with Crippen LogP contribution in [-0.2, 0) is 0 Å². The van der Waals surface area contributed by atoms with Gasteiger partial charge in [-0.25, -0.2) is 9.97 Å². The van der Waals surface area contributed by atoms with Crippen LogP contribution >= 0.6 is 11.6 Å². The fourth-order valence-electron chi connectivity index (χ4n) is 2.93. The second kappa shape index (κ2) is 9.28. The molecule has 0 bridgehead atoms. The maximum atomic E-state index is 12.6. The summed E-state index contributed by atoms with van der Waals surface area (Å²) in [6, 6.07) is 23.1. The number of benzene rings is 3. The van der Waals surface area contributed by atoms with Gasteiger partial charge in [0.15, 0.2) is 11.5 Å². The predicted octanol–water partition coefficient (Wildman–Crippen LogP) is 5.85. The lowest BCUT2D eigenvalue weighted by molar-refractivity contribution is 0.102. The third-order valence-electron chi connectivity index (χ3n) is 4.45. The van der Waals surface area contributed by atoms with Gasteiger partial charge in [0.1, 0.15) is 6.33 Å². The molecule has 3 aromatic carbocycles. The monoisotopic (exact) mass is 431 g/mol. The summed E-state index contributed by atoms with van der Waals surface area (Å²) in [5.41, 5.74) is 2.55. The van der Waals surface area contributed by atoms with Crippen molar-refractivity contribution in [2.45, 2.75) is 0 Å². The highest BCUT2D eigenvalue weighted by molar-refractivity contribution is 6.30. The Labute approximate surface area is 184 Å². The van der Waals surface area contributed by atoms with Gasteiger partial charge in [0.2, 0.25) is 5.88 Å². The van der Waals surface area contributed by atoms with Gasteiger partial charge in [-0.05, 0) is 48.5 Å². The molecule has 0 saturated carbocycles. The zero-order valence-electron chi connectivity index (χ0n) is 16.6. The fraction of sp³-hybridized carbons (Fsp3) is 0.0417. The van der Waals surface area contributed by atoms with Crippen LogP contribution in [0.1, 0.15) is 10.4 Å². The van der Waals surface area contributed by atoms with E-state index in [0.29, 0.717) is 39.3 Å². The lowest BCUT2D eigenvalue weighted by Gasteiger charge is -2.10. The number of amides is 1. The number of nitrogens with one attached hydrogen (secondary N) is 1. The average molecular weight is 432 g/mol. The van der Waals surface area contributed by atoms with E-state index >= 15 is 0 Å². The topological polar surface area (TPSA) is 73.3 Å². The number of aromatic nitrogens is 2. The van der Waals surface area contributed by atoms with Gasteiger partial charge in [0, 0.05) is 27.9 Å². The number of carbonyl (C=O) groups is 1. The van der Waals surface area contributed by atoms with Gasteiger partial charge in [0.25, 0.3) is 5.91 Å². The molecule has 0 atom stereocenters. The van der Waals surface area contributed by atoms with Crippen molar-refractivity contribution in [1.29, 1.82) is 0 Å². The standard InChI is InChI=1S/C24H18ClN3O3/c1-30-21-7-2-3-8-22(21)31-23-14-20(26-15-27-23)16-5-4-6-17(13-16)24(29)28-19-11-9-18(25)10-12-19/h2-15H,1H3,(H,28,29). The van der Waals surface area contributed by atoms with Gasteiger partial charge < -0.3 is 14.8 Å². The first-order valence-electron chi connectivity index (χ1n) is 9.42. The predicted molar refractivity (Wildman–Crippen MR) is 120 cm³/mol. The smallest absolute Gasteiger partial charge is 0.255 e. The summed E-state index contributed by atoms with van der Waals surface area (Å²) in [4.78, 5) is 21.1. The van der Waals surface area contributed by atoms with Crippen molar-refractivity contribution in [3.05, 3.63) is 95.8 Å². The zero-order valence-corrected chi connectivity index (χ0v) is 17.3. The van der Waals surface area contributed by atoms with Crippen LogP contribution in [0.2, 0.25) is 5.02 Å².